The molecule has 0 heterocycles. The molecule has 0 radical (unpaired) electrons. The molecule has 4 rings (SSSR count). The zero-order chi connectivity index (χ0) is 21.5. The minimum atomic E-state index is -2.85. The van der Waals surface area contributed by atoms with E-state index in [4.69, 9.17) is 0 Å². The molecule has 0 nitrogen and oxygen atoms in total. The molecule has 0 aromatic heterocycles. The summed E-state index contributed by atoms with van der Waals surface area (Å²) in [6.45, 7) is 0. The van der Waals surface area contributed by atoms with E-state index in [0.29, 0.717) is 0 Å². The van der Waals surface area contributed by atoms with Crippen LogP contribution in [0, 0.1) is 0 Å². The molecule has 0 atom stereocenters. The van der Waals surface area contributed by atoms with Gasteiger partial charge in [0, 0.05) is 0 Å². The van der Waals surface area contributed by atoms with E-state index in [1.165, 1.54) is 21.2 Å². The molecular weight excluding hydrogens is 883 g/mol. The van der Waals surface area contributed by atoms with E-state index in [1.54, 1.807) is 0 Å². The minimum absolute atomic E-state index is 0.160. The van der Waals surface area contributed by atoms with Crippen LogP contribution in [0.1, 0.15) is 0 Å². The van der Waals surface area contributed by atoms with Gasteiger partial charge in [-0.3, -0.25) is 0 Å². The average molecular weight is 903 g/mol. The number of halogens is 4. The first kappa shape index (κ1) is 25.4. The van der Waals surface area contributed by atoms with Crippen molar-refractivity contribution in [3.8, 4) is 0 Å². The SMILES string of the molecule is IP(c1ccccc1)(c1ccccc1)(c1ccccc1)c1ccccc1.[I][Fe]([I])[I]. The summed E-state index contributed by atoms with van der Waals surface area (Å²) in [5.74, 6) is 0. The van der Waals surface area contributed by atoms with Crippen LogP contribution in [0.25, 0.3) is 0 Å². The van der Waals surface area contributed by atoms with Gasteiger partial charge in [0.25, 0.3) is 0 Å². The Morgan fingerprint density at radius 1 is 0.400 bits per heavy atom. The predicted octanol–water partition coefficient (Wildman–Crippen LogP) is 7.85. The molecule has 0 unspecified atom stereocenters. The van der Waals surface area contributed by atoms with Crippen LogP contribution in [-0.2, 0) is 4.15 Å². The molecule has 0 spiro atoms. The fourth-order valence-electron chi connectivity index (χ4n) is 3.73. The van der Waals surface area contributed by atoms with Crippen LogP contribution in [0.3, 0.4) is 0 Å². The first-order valence-corrected chi connectivity index (χ1v) is 24.8. The quantitative estimate of drug-likeness (QED) is 0.111. The Morgan fingerprint density at radius 3 is 0.733 bits per heavy atom. The number of hydrogen-bond donors (Lipinski definition) is 0. The third kappa shape index (κ3) is 5.28. The summed E-state index contributed by atoms with van der Waals surface area (Å²) in [6.07, 6.45) is 0. The molecule has 4 aromatic rings. The van der Waals surface area contributed by atoms with Crippen molar-refractivity contribution in [2.24, 2.45) is 0 Å². The van der Waals surface area contributed by atoms with E-state index in [9.17, 15) is 0 Å². The topological polar surface area (TPSA) is 0 Å². The van der Waals surface area contributed by atoms with Gasteiger partial charge in [-0.15, -0.1) is 0 Å². The van der Waals surface area contributed by atoms with Gasteiger partial charge in [-0.1, -0.05) is 0 Å². The maximum absolute atomic E-state index is 2.85. The molecule has 0 saturated heterocycles. The fourth-order valence-corrected chi connectivity index (χ4v) is 12.3. The van der Waals surface area contributed by atoms with E-state index < -0.39 is 4.25 Å². The van der Waals surface area contributed by atoms with E-state index in [2.05, 4.69) is 204 Å². The third-order valence-electron chi connectivity index (χ3n) is 4.96. The molecule has 0 N–H and O–H groups in total. The van der Waals surface area contributed by atoms with Crippen molar-refractivity contribution in [1.82, 2.24) is 0 Å². The molecule has 0 saturated carbocycles. The summed E-state index contributed by atoms with van der Waals surface area (Å²) in [7, 11) is 0. The number of hydrogen-bond acceptors (Lipinski definition) is 0. The molecule has 0 amide bonds. The molecule has 157 valence electrons. The van der Waals surface area contributed by atoms with Crippen molar-refractivity contribution in [1.29, 1.82) is 0 Å². The Hall–Kier alpha value is 0.749. The van der Waals surface area contributed by atoms with E-state index >= 15 is 0 Å². The van der Waals surface area contributed by atoms with E-state index in [-0.39, 0.29) is 4.15 Å². The molecule has 0 bridgehead atoms. The predicted molar refractivity (Wildman–Crippen MR) is 167 cm³/mol. The van der Waals surface area contributed by atoms with E-state index in [1.807, 2.05) is 0 Å². The number of rotatable bonds is 4. The number of benzene rings is 4. The summed E-state index contributed by atoms with van der Waals surface area (Å²) in [5, 5.41) is 5.51. The van der Waals surface area contributed by atoms with Crippen molar-refractivity contribution in [2.45, 2.75) is 0 Å². The van der Waals surface area contributed by atoms with Crippen LogP contribution in [0.15, 0.2) is 121 Å². The van der Waals surface area contributed by atoms with Crippen LogP contribution in [0.4, 0.5) is 0 Å². The van der Waals surface area contributed by atoms with Gasteiger partial charge in [0.05, 0.1) is 0 Å². The summed E-state index contributed by atoms with van der Waals surface area (Å²) < 4.78 is -2.69. The second kappa shape index (κ2) is 11.7. The van der Waals surface area contributed by atoms with Gasteiger partial charge in [0.2, 0.25) is 0 Å². The first-order valence-electron chi connectivity index (χ1n) is 9.11. The van der Waals surface area contributed by atoms with Crippen molar-refractivity contribution in [3.05, 3.63) is 121 Å². The van der Waals surface area contributed by atoms with Crippen molar-refractivity contribution in [2.75, 3.05) is 0 Å². The second-order valence-corrected chi connectivity index (χ2v) is 44.3. The van der Waals surface area contributed by atoms with Gasteiger partial charge in [-0.25, -0.2) is 0 Å². The van der Waals surface area contributed by atoms with Gasteiger partial charge in [-0.2, -0.15) is 0 Å². The summed E-state index contributed by atoms with van der Waals surface area (Å²) in [5.41, 5.74) is 0. The normalized spacial score (nSPS) is 12.7. The summed E-state index contributed by atoms with van der Waals surface area (Å²) in [4.78, 5) is 0. The Labute approximate surface area is 230 Å². The van der Waals surface area contributed by atoms with Crippen molar-refractivity contribution < 1.29 is 4.15 Å². The monoisotopic (exact) mass is 903 g/mol. The molecule has 0 aliphatic rings. The van der Waals surface area contributed by atoms with Gasteiger partial charge < -0.3 is 0 Å². The van der Waals surface area contributed by atoms with Gasteiger partial charge in [0.1, 0.15) is 0 Å². The molecule has 0 fully saturated rings. The van der Waals surface area contributed by atoms with Crippen LogP contribution in [-0.4, -0.2) is 0 Å². The Bertz CT molecular complexity index is 873. The fraction of sp³-hybridized carbons (Fsp3) is 0. The second-order valence-electron chi connectivity index (χ2n) is 6.50. The zero-order valence-corrected chi connectivity index (χ0v) is 26.5. The molecule has 0 aliphatic carbocycles. The average Bonchev–Trinajstić information content (AvgIpc) is 2.81. The van der Waals surface area contributed by atoms with Gasteiger partial charge in [-0.05, 0) is 0 Å². The third-order valence-corrected chi connectivity index (χ3v) is 16.7. The van der Waals surface area contributed by atoms with Gasteiger partial charge >= 0.3 is 234 Å². The summed E-state index contributed by atoms with van der Waals surface area (Å²) >= 11 is 10.0. The molecular formula is C24H20FeI4P. The summed E-state index contributed by atoms with van der Waals surface area (Å²) in [6, 6.07) is 44.0. The Balaban J connectivity index is 0.000000589. The van der Waals surface area contributed by atoms with Crippen molar-refractivity contribution >= 4 is 109 Å². The molecule has 30 heavy (non-hydrogen) atoms. The standard InChI is InChI=1S/C24H20IP.Fe.3HI/c25-26(21-13-5-1-6-14-21,22-15-7-2-8-16-22,23-17-9-3-10-18-23)24-19-11-4-12-20-24;;;;/h1-20H;;3*1H/q;+3;;;/p-3. The Morgan fingerprint density at radius 2 is 0.567 bits per heavy atom. The Kier molecular flexibility index (Phi) is 9.94. The van der Waals surface area contributed by atoms with E-state index in [0.717, 1.165) is 0 Å². The van der Waals surface area contributed by atoms with Crippen molar-refractivity contribution in [3.63, 3.8) is 0 Å². The van der Waals surface area contributed by atoms with Crippen LogP contribution in [0.5, 0.6) is 0 Å². The zero-order valence-electron chi connectivity index (χ0n) is 15.9. The molecule has 6 heteroatoms. The van der Waals surface area contributed by atoms with Gasteiger partial charge in [0.15, 0.2) is 0 Å². The van der Waals surface area contributed by atoms with Crippen LogP contribution >= 0.6 is 87.3 Å². The molecule has 4 aromatic carbocycles. The van der Waals surface area contributed by atoms with Crippen LogP contribution in [0.2, 0.25) is 0 Å². The molecule has 0 aliphatic heterocycles. The maximum atomic E-state index is 2.80. The first-order chi connectivity index (χ1) is 14.5. The van der Waals surface area contributed by atoms with Crippen LogP contribution < -0.4 is 21.2 Å².